The highest BCUT2D eigenvalue weighted by molar-refractivity contribution is 7.91. The topological polar surface area (TPSA) is 83.6 Å². The monoisotopic (exact) mass is 300 g/mol. The lowest BCUT2D eigenvalue weighted by Crippen LogP contribution is -2.63. The normalized spacial score (nSPS) is 37.0. The molecule has 7 heteroatoms. The molecule has 0 radical (unpaired) electrons. The van der Waals surface area contributed by atoms with Gasteiger partial charge in [0.25, 0.3) is 0 Å². The van der Waals surface area contributed by atoms with E-state index in [2.05, 4.69) is 5.32 Å². The molecule has 0 aromatic heterocycles. The van der Waals surface area contributed by atoms with Crippen molar-refractivity contribution in [3.05, 3.63) is 0 Å². The molecule has 2 aliphatic heterocycles. The molecule has 3 fully saturated rings. The fourth-order valence-corrected chi connectivity index (χ4v) is 4.99. The Morgan fingerprint density at radius 1 is 1.25 bits per heavy atom. The minimum absolute atomic E-state index is 0.0304. The van der Waals surface area contributed by atoms with Crippen LogP contribution in [0.2, 0.25) is 0 Å². The molecule has 2 heterocycles. The van der Waals surface area contributed by atoms with Gasteiger partial charge < -0.3 is 10.2 Å². The zero-order valence-electron chi connectivity index (χ0n) is 11.5. The summed E-state index contributed by atoms with van der Waals surface area (Å²) in [7, 11) is -2.95. The van der Waals surface area contributed by atoms with Crippen molar-refractivity contribution in [2.45, 2.75) is 38.3 Å². The van der Waals surface area contributed by atoms with Crippen LogP contribution in [0.15, 0.2) is 0 Å². The Hall–Kier alpha value is -1.11. The summed E-state index contributed by atoms with van der Waals surface area (Å²) in [6, 6.07) is -0.891. The molecule has 3 aliphatic rings. The number of nitrogens with zero attached hydrogens (tertiary/aromatic N) is 1. The van der Waals surface area contributed by atoms with Gasteiger partial charge in [-0.25, -0.2) is 8.42 Å². The van der Waals surface area contributed by atoms with E-state index in [1.54, 1.807) is 11.8 Å². The first-order valence-corrected chi connectivity index (χ1v) is 9.01. The quantitative estimate of drug-likeness (QED) is 0.765. The number of hydrogen-bond acceptors (Lipinski definition) is 4. The van der Waals surface area contributed by atoms with Gasteiger partial charge in [0.2, 0.25) is 11.8 Å². The maximum absolute atomic E-state index is 12.5. The van der Waals surface area contributed by atoms with Crippen LogP contribution in [0.4, 0.5) is 0 Å². The lowest BCUT2D eigenvalue weighted by atomic mass is 10.0. The molecule has 0 aromatic rings. The van der Waals surface area contributed by atoms with E-state index in [0.29, 0.717) is 13.0 Å². The maximum Gasteiger partial charge on any atom is 0.246 e. The number of carbonyl (C=O) groups excluding carboxylic acids is 2. The maximum atomic E-state index is 12.5. The molecule has 112 valence electrons. The van der Waals surface area contributed by atoms with E-state index in [9.17, 15) is 18.0 Å². The Labute approximate surface area is 118 Å². The van der Waals surface area contributed by atoms with Gasteiger partial charge in [-0.2, -0.15) is 0 Å². The first kappa shape index (κ1) is 13.9. The number of hydrogen-bond donors (Lipinski definition) is 1. The van der Waals surface area contributed by atoms with Gasteiger partial charge >= 0.3 is 0 Å². The molecule has 0 aromatic carbocycles. The van der Waals surface area contributed by atoms with Crippen LogP contribution in [-0.2, 0) is 19.4 Å². The summed E-state index contributed by atoms with van der Waals surface area (Å²) in [4.78, 5) is 26.0. The molecule has 3 unspecified atom stereocenters. The van der Waals surface area contributed by atoms with Gasteiger partial charge in [-0.05, 0) is 38.0 Å². The average Bonchev–Trinajstić information content (AvgIpc) is 3.15. The van der Waals surface area contributed by atoms with Crippen LogP contribution in [0.25, 0.3) is 0 Å². The van der Waals surface area contributed by atoms with Crippen molar-refractivity contribution < 1.29 is 18.0 Å². The molecule has 20 heavy (non-hydrogen) atoms. The summed E-state index contributed by atoms with van der Waals surface area (Å²) in [6.07, 6.45) is 2.56. The summed E-state index contributed by atoms with van der Waals surface area (Å²) in [6.45, 7) is 2.09. The van der Waals surface area contributed by atoms with Crippen LogP contribution in [0.3, 0.4) is 0 Å². The second kappa shape index (κ2) is 4.72. The van der Waals surface area contributed by atoms with Crippen LogP contribution in [0, 0.1) is 11.8 Å². The molecule has 3 atom stereocenters. The van der Waals surface area contributed by atoms with Gasteiger partial charge in [0, 0.05) is 6.54 Å². The molecule has 0 bridgehead atoms. The standard InChI is InChI=1S/C13H20N2O4S/c1-8-12(16)14-11(10-2-3-10)13(17)15(8)6-9-4-5-20(18,19)7-9/h8-11H,2-7H2,1H3,(H,14,16). The Morgan fingerprint density at radius 2 is 1.95 bits per heavy atom. The van der Waals surface area contributed by atoms with E-state index in [4.69, 9.17) is 0 Å². The van der Waals surface area contributed by atoms with Gasteiger partial charge in [-0.3, -0.25) is 9.59 Å². The zero-order chi connectivity index (χ0) is 14.5. The lowest BCUT2D eigenvalue weighted by molar-refractivity contribution is -0.149. The second-order valence-corrected chi connectivity index (χ2v) is 8.49. The molecule has 1 saturated carbocycles. The largest absolute Gasteiger partial charge is 0.342 e. The number of sulfone groups is 1. The Kier molecular flexibility index (Phi) is 3.27. The van der Waals surface area contributed by atoms with Gasteiger partial charge in [0.1, 0.15) is 12.1 Å². The predicted molar refractivity (Wildman–Crippen MR) is 72.6 cm³/mol. The minimum Gasteiger partial charge on any atom is -0.342 e. The number of carbonyl (C=O) groups is 2. The Bertz CT molecular complexity index is 541. The lowest BCUT2D eigenvalue weighted by Gasteiger charge is -2.38. The molecule has 6 nitrogen and oxygen atoms in total. The Morgan fingerprint density at radius 3 is 2.50 bits per heavy atom. The molecule has 0 spiro atoms. The average molecular weight is 300 g/mol. The van der Waals surface area contributed by atoms with Crippen molar-refractivity contribution in [1.82, 2.24) is 10.2 Å². The molecule has 1 aliphatic carbocycles. The first-order chi connectivity index (χ1) is 9.37. The van der Waals surface area contributed by atoms with E-state index in [0.717, 1.165) is 12.8 Å². The van der Waals surface area contributed by atoms with Gasteiger partial charge in [0.15, 0.2) is 9.84 Å². The molecular formula is C13H20N2O4S. The number of nitrogens with one attached hydrogen (secondary N) is 1. The predicted octanol–water partition coefficient (Wildman–Crippen LogP) is -0.453. The van der Waals surface area contributed by atoms with Crippen LogP contribution >= 0.6 is 0 Å². The highest BCUT2D eigenvalue weighted by Gasteiger charge is 2.46. The molecule has 3 rings (SSSR count). The highest BCUT2D eigenvalue weighted by atomic mass is 32.2. The fraction of sp³-hybridized carbons (Fsp3) is 0.846. The fourth-order valence-electron chi connectivity index (χ4n) is 3.14. The molecular weight excluding hydrogens is 280 g/mol. The van der Waals surface area contributed by atoms with E-state index >= 15 is 0 Å². The molecule has 2 saturated heterocycles. The highest BCUT2D eigenvalue weighted by Crippen LogP contribution is 2.35. The summed E-state index contributed by atoms with van der Waals surface area (Å²) in [5.41, 5.74) is 0. The van der Waals surface area contributed by atoms with E-state index < -0.39 is 21.9 Å². The van der Waals surface area contributed by atoms with Crippen LogP contribution in [0.1, 0.15) is 26.2 Å². The van der Waals surface area contributed by atoms with E-state index in [1.807, 2.05) is 0 Å². The van der Waals surface area contributed by atoms with Crippen LogP contribution in [0.5, 0.6) is 0 Å². The number of piperazine rings is 1. The van der Waals surface area contributed by atoms with Crippen LogP contribution in [-0.4, -0.2) is 55.3 Å². The first-order valence-electron chi connectivity index (χ1n) is 7.18. The van der Waals surface area contributed by atoms with E-state index in [1.165, 1.54) is 0 Å². The van der Waals surface area contributed by atoms with E-state index in [-0.39, 0.29) is 35.2 Å². The summed E-state index contributed by atoms with van der Waals surface area (Å²) in [5, 5.41) is 2.80. The number of rotatable bonds is 3. The second-order valence-electron chi connectivity index (χ2n) is 6.26. The molecule has 1 N–H and O–H groups in total. The third-order valence-corrected chi connectivity index (χ3v) is 6.41. The SMILES string of the molecule is CC1C(=O)NC(C2CC2)C(=O)N1CC1CCS(=O)(=O)C1. The summed E-state index contributed by atoms with van der Waals surface area (Å²) < 4.78 is 23.0. The van der Waals surface area contributed by atoms with Gasteiger partial charge in [0.05, 0.1) is 11.5 Å². The smallest absolute Gasteiger partial charge is 0.246 e. The molecule has 2 amide bonds. The third kappa shape index (κ3) is 2.55. The number of amides is 2. The zero-order valence-corrected chi connectivity index (χ0v) is 12.4. The van der Waals surface area contributed by atoms with Crippen LogP contribution < -0.4 is 5.32 Å². The van der Waals surface area contributed by atoms with Crippen molar-refractivity contribution in [1.29, 1.82) is 0 Å². The summed E-state index contributed by atoms with van der Waals surface area (Å²) in [5.74, 6) is 0.420. The van der Waals surface area contributed by atoms with Crippen molar-refractivity contribution in [2.24, 2.45) is 11.8 Å². The minimum atomic E-state index is -2.95. The Balaban J connectivity index is 1.72. The third-order valence-electron chi connectivity index (χ3n) is 4.57. The van der Waals surface area contributed by atoms with Crippen molar-refractivity contribution in [2.75, 3.05) is 18.1 Å². The van der Waals surface area contributed by atoms with Gasteiger partial charge in [-0.15, -0.1) is 0 Å². The van der Waals surface area contributed by atoms with Gasteiger partial charge in [-0.1, -0.05) is 0 Å². The summed E-state index contributed by atoms with van der Waals surface area (Å²) >= 11 is 0. The van der Waals surface area contributed by atoms with Crippen molar-refractivity contribution in [3.63, 3.8) is 0 Å². The van der Waals surface area contributed by atoms with Crippen molar-refractivity contribution in [3.8, 4) is 0 Å². The van der Waals surface area contributed by atoms with Crippen molar-refractivity contribution >= 4 is 21.7 Å².